The van der Waals surface area contributed by atoms with Crippen LogP contribution >= 0.6 is 20.7 Å². The van der Waals surface area contributed by atoms with Crippen molar-refractivity contribution in [1.82, 2.24) is 5.32 Å². The van der Waals surface area contributed by atoms with Crippen LogP contribution in [-0.2, 0) is 16.0 Å². The van der Waals surface area contributed by atoms with Crippen molar-refractivity contribution in [2.75, 3.05) is 0 Å². The van der Waals surface area contributed by atoms with Crippen molar-refractivity contribution in [1.29, 1.82) is 0 Å². The first kappa shape index (κ1) is 16.1. The molecule has 0 bridgehead atoms. The highest BCUT2D eigenvalue weighted by molar-refractivity contribution is 14.2. The number of hydrogen-bond acceptors (Lipinski definition) is 2. The molecule has 0 spiro atoms. The van der Waals surface area contributed by atoms with Gasteiger partial charge in [0.2, 0.25) is 5.91 Å². The van der Waals surface area contributed by atoms with Crippen LogP contribution in [0.15, 0.2) is 24.3 Å². The molecule has 0 aromatic heterocycles. The van der Waals surface area contributed by atoms with Gasteiger partial charge in [0.05, 0.1) is 3.92 Å². The number of carbonyl (C=O) groups excluding carboxylic acids is 1. The van der Waals surface area contributed by atoms with Gasteiger partial charge in [-0.15, -0.1) is 20.7 Å². The average Bonchev–Trinajstić information content (AvgIpc) is 2.49. The number of amides is 1. The molecule has 21 heavy (non-hydrogen) atoms. The van der Waals surface area contributed by atoms with Gasteiger partial charge in [-0.1, -0.05) is 33.8 Å². The Morgan fingerprint density at radius 2 is 2.10 bits per heavy atom. The third-order valence-corrected chi connectivity index (χ3v) is 6.66. The molecule has 2 atom stereocenters. The lowest BCUT2D eigenvalue weighted by atomic mass is 10.0. The van der Waals surface area contributed by atoms with Gasteiger partial charge in [-0.3, -0.25) is 4.79 Å². The molecular weight excluding hydrogens is 381 g/mol. The van der Waals surface area contributed by atoms with Gasteiger partial charge in [0.1, 0.15) is 6.04 Å². The molecule has 1 aromatic carbocycles. The Kier molecular flexibility index (Phi) is 5.90. The van der Waals surface area contributed by atoms with E-state index >= 15 is 0 Å². The Balaban J connectivity index is 2.00. The lowest BCUT2D eigenvalue weighted by molar-refractivity contribution is -0.141. The molecule has 5 heteroatoms. The summed E-state index contributed by atoms with van der Waals surface area (Å²) in [6.07, 6.45) is 3.36. The Bertz CT molecular complexity index is 539. The minimum Gasteiger partial charge on any atom is -0.480 e. The Hall–Kier alpha value is -1.24. The van der Waals surface area contributed by atoms with Crippen LogP contribution in [0.25, 0.3) is 0 Å². The van der Waals surface area contributed by atoms with Crippen molar-refractivity contribution >= 4 is 36.6 Å². The summed E-state index contributed by atoms with van der Waals surface area (Å²) in [5.74, 6) is -1.06. The Morgan fingerprint density at radius 1 is 1.38 bits per heavy atom. The standard InChI is InChI=1S/C16H20INO3/c1-11-5-7-12(8-6-11)10-14(16(20)21)18-15(19)13-4-2-3-9-17-13/h5-9,13-14H,2-4,10H2,1H3,(H,18,19)(H,20,21). The second-order valence-corrected chi connectivity index (χ2v) is 8.37. The molecule has 1 aliphatic rings. The van der Waals surface area contributed by atoms with Crippen LogP contribution in [0.2, 0.25) is 0 Å². The summed E-state index contributed by atoms with van der Waals surface area (Å²) in [4.78, 5) is 23.6. The fourth-order valence-corrected chi connectivity index (χ4v) is 4.94. The van der Waals surface area contributed by atoms with Gasteiger partial charge in [0.25, 0.3) is 0 Å². The lowest BCUT2D eigenvalue weighted by Crippen LogP contribution is -2.45. The molecule has 1 heterocycles. The first-order valence-corrected chi connectivity index (χ1v) is 9.58. The summed E-state index contributed by atoms with van der Waals surface area (Å²) in [7, 11) is 0. The predicted octanol–water partition coefficient (Wildman–Crippen LogP) is 2.43. The van der Waals surface area contributed by atoms with E-state index in [0.29, 0.717) is 6.42 Å². The maximum atomic E-state index is 12.2. The number of carbonyl (C=O) groups is 2. The van der Waals surface area contributed by atoms with E-state index in [-0.39, 0.29) is 30.6 Å². The molecule has 1 aromatic rings. The third-order valence-electron chi connectivity index (χ3n) is 3.47. The topological polar surface area (TPSA) is 66.4 Å². The summed E-state index contributed by atoms with van der Waals surface area (Å²) < 4.78 is 2.26. The molecule has 2 rings (SSSR count). The minimum absolute atomic E-state index is 0.0393. The van der Waals surface area contributed by atoms with Gasteiger partial charge in [-0.25, -0.2) is 4.79 Å². The summed E-state index contributed by atoms with van der Waals surface area (Å²) in [6.45, 7) is 1.99. The summed E-state index contributed by atoms with van der Waals surface area (Å²) in [6, 6.07) is 6.90. The van der Waals surface area contributed by atoms with Crippen LogP contribution in [0, 0.1) is 6.92 Å². The molecule has 2 N–H and O–H groups in total. The second kappa shape index (κ2) is 7.68. The van der Waals surface area contributed by atoms with Crippen LogP contribution in [0.4, 0.5) is 0 Å². The number of rotatable bonds is 5. The van der Waals surface area contributed by atoms with E-state index in [2.05, 4.69) is 9.33 Å². The molecule has 1 amide bonds. The van der Waals surface area contributed by atoms with Crippen LogP contribution < -0.4 is 5.32 Å². The maximum Gasteiger partial charge on any atom is 0.326 e. The Labute approximate surface area is 134 Å². The van der Waals surface area contributed by atoms with Crippen LogP contribution in [0.3, 0.4) is 0 Å². The highest BCUT2D eigenvalue weighted by Gasteiger charge is 2.25. The number of nitrogens with one attached hydrogen (secondary N) is 1. The van der Waals surface area contributed by atoms with Gasteiger partial charge < -0.3 is 10.4 Å². The van der Waals surface area contributed by atoms with Crippen molar-refractivity contribution in [3.05, 3.63) is 35.4 Å². The molecule has 0 saturated carbocycles. The van der Waals surface area contributed by atoms with Crippen LogP contribution in [-0.4, -0.2) is 31.0 Å². The highest BCUT2D eigenvalue weighted by atomic mass is 127. The zero-order chi connectivity index (χ0) is 15.2. The zero-order valence-electron chi connectivity index (χ0n) is 12.0. The van der Waals surface area contributed by atoms with Gasteiger partial charge in [-0.05, 0) is 31.7 Å². The largest absolute Gasteiger partial charge is 0.480 e. The number of alkyl halides is 1. The SMILES string of the molecule is Cc1ccc(CC(NC(=O)C2CCCC=I2)C(=O)O)cc1. The number of benzene rings is 1. The molecule has 4 nitrogen and oxygen atoms in total. The molecule has 0 radical (unpaired) electrons. The molecule has 0 aliphatic carbocycles. The molecule has 114 valence electrons. The zero-order valence-corrected chi connectivity index (χ0v) is 14.2. The van der Waals surface area contributed by atoms with Crippen LogP contribution in [0.1, 0.15) is 30.4 Å². The van der Waals surface area contributed by atoms with Crippen molar-refractivity contribution in [3.8, 4) is 0 Å². The highest BCUT2D eigenvalue weighted by Crippen LogP contribution is 2.22. The maximum absolute atomic E-state index is 12.2. The Morgan fingerprint density at radius 3 is 2.67 bits per heavy atom. The summed E-state index contributed by atoms with van der Waals surface area (Å²) >= 11 is -0.238. The second-order valence-electron chi connectivity index (χ2n) is 5.27. The molecule has 0 fully saturated rings. The number of aryl methyl sites for hydroxylation is 1. The number of carboxylic acids is 1. The van der Waals surface area contributed by atoms with Gasteiger partial charge in [0.15, 0.2) is 0 Å². The minimum atomic E-state index is -0.970. The number of carboxylic acid groups (broad SMARTS) is 1. The third kappa shape index (κ3) is 4.91. The smallest absolute Gasteiger partial charge is 0.326 e. The van der Waals surface area contributed by atoms with Crippen LogP contribution in [0.5, 0.6) is 0 Å². The summed E-state index contributed by atoms with van der Waals surface area (Å²) in [5, 5.41) is 12.0. The monoisotopic (exact) mass is 401 g/mol. The van der Waals surface area contributed by atoms with Crippen molar-refractivity contribution in [2.24, 2.45) is 0 Å². The lowest BCUT2D eigenvalue weighted by Gasteiger charge is -2.19. The predicted molar refractivity (Wildman–Crippen MR) is 92.2 cm³/mol. The molecule has 2 unspecified atom stereocenters. The van der Waals surface area contributed by atoms with E-state index in [1.807, 2.05) is 31.2 Å². The number of hydrogen-bond donors (Lipinski definition) is 2. The molecule has 1 aliphatic heterocycles. The quantitative estimate of drug-likeness (QED) is 0.589. The molecular formula is C16H20INO3. The average molecular weight is 401 g/mol. The van der Waals surface area contributed by atoms with Crippen molar-refractivity contribution in [3.63, 3.8) is 0 Å². The van der Waals surface area contributed by atoms with E-state index in [1.165, 1.54) is 0 Å². The number of aliphatic carboxylic acids is 1. The fraction of sp³-hybridized carbons (Fsp3) is 0.438. The van der Waals surface area contributed by atoms with Gasteiger partial charge >= 0.3 is 5.97 Å². The van der Waals surface area contributed by atoms with E-state index < -0.39 is 12.0 Å². The fourth-order valence-electron chi connectivity index (χ4n) is 2.22. The van der Waals surface area contributed by atoms with E-state index in [9.17, 15) is 14.7 Å². The summed E-state index contributed by atoms with van der Waals surface area (Å²) in [5.41, 5.74) is 2.07. The van der Waals surface area contributed by atoms with Gasteiger partial charge in [0, 0.05) is 6.42 Å². The normalized spacial score (nSPS) is 19.4. The van der Waals surface area contributed by atoms with E-state index in [4.69, 9.17) is 0 Å². The van der Waals surface area contributed by atoms with E-state index in [0.717, 1.165) is 30.4 Å². The van der Waals surface area contributed by atoms with E-state index in [1.54, 1.807) is 0 Å². The van der Waals surface area contributed by atoms with Crippen molar-refractivity contribution in [2.45, 2.75) is 42.6 Å². The number of halogens is 1. The molecule has 0 saturated heterocycles. The first-order valence-electron chi connectivity index (χ1n) is 7.08. The van der Waals surface area contributed by atoms with Gasteiger partial charge in [-0.2, -0.15) is 0 Å². The van der Waals surface area contributed by atoms with Crippen molar-refractivity contribution < 1.29 is 14.7 Å². The first-order chi connectivity index (χ1) is 10.1.